The zero-order valence-corrected chi connectivity index (χ0v) is 23.3. The van der Waals surface area contributed by atoms with Crippen LogP contribution >= 0.6 is 0 Å². The van der Waals surface area contributed by atoms with E-state index in [0.29, 0.717) is 39.1 Å². The van der Waals surface area contributed by atoms with Crippen LogP contribution in [0.4, 0.5) is 5.69 Å². The fraction of sp³-hybridized carbons (Fsp3) is 0.0500. The molecule has 206 valence electrons. The fourth-order valence-electron chi connectivity index (χ4n) is 6.57. The zero-order chi connectivity index (χ0) is 34.9. The maximum atomic E-state index is 10.9. The molecule has 0 amide bonds. The van der Waals surface area contributed by atoms with Gasteiger partial charge in [-0.1, -0.05) is 90.0 Å². The summed E-state index contributed by atoms with van der Waals surface area (Å²) >= 11 is 0. The second-order valence-electron chi connectivity index (χ2n) is 10.8. The SMILES string of the molecule is [2H]C([2H])([2H])c1ccc2c(c1)c1ccccc1n2-c1cc(-n2c3ccccc3c3cc(C([2H])([2H])[2H])ccc32)c([N+]#[C-])c(-c2ccccc2)c1C#N. The van der Waals surface area contributed by atoms with Gasteiger partial charge in [-0.25, -0.2) is 4.85 Å². The molecule has 0 saturated carbocycles. The lowest BCUT2D eigenvalue weighted by Crippen LogP contribution is -2.04. The summed E-state index contributed by atoms with van der Waals surface area (Å²) in [5.41, 5.74) is 6.14. The van der Waals surface area contributed by atoms with Gasteiger partial charge in [-0.05, 0) is 61.7 Å². The first kappa shape index (κ1) is 19.9. The quantitative estimate of drug-likeness (QED) is 0.195. The number of nitrogens with zero attached hydrogens (tertiary/aromatic N) is 4. The van der Waals surface area contributed by atoms with Gasteiger partial charge < -0.3 is 9.13 Å². The highest BCUT2D eigenvalue weighted by Crippen LogP contribution is 2.46. The van der Waals surface area contributed by atoms with Gasteiger partial charge in [-0.2, -0.15) is 5.26 Å². The standard InChI is InChI=1S/C40H26N4/c1-25-17-19-35-30(21-25)28-13-7-9-15-33(28)43(35)37-23-38(40(42-3)39(32(37)24-41)27-11-5-4-6-12-27)44-34-16-10-8-14-29(34)31-22-26(2)18-20-36(31)44/h4-23H,1-2H3/i1D3,2D3. The van der Waals surface area contributed by atoms with Crippen molar-refractivity contribution in [1.29, 1.82) is 5.26 Å². The molecule has 0 bridgehead atoms. The van der Waals surface area contributed by atoms with Gasteiger partial charge in [0.2, 0.25) is 5.69 Å². The highest BCUT2D eigenvalue weighted by atomic mass is 15.0. The van der Waals surface area contributed by atoms with Crippen LogP contribution in [0.2, 0.25) is 0 Å². The van der Waals surface area contributed by atoms with Crippen LogP contribution < -0.4 is 0 Å². The molecule has 44 heavy (non-hydrogen) atoms. The Labute approximate surface area is 263 Å². The van der Waals surface area contributed by atoms with E-state index in [2.05, 4.69) is 10.9 Å². The molecule has 0 saturated heterocycles. The Morgan fingerprint density at radius 3 is 1.68 bits per heavy atom. The Balaban J connectivity index is 1.57. The molecule has 0 N–H and O–H groups in total. The number of nitriles is 1. The number of benzene rings is 6. The molecular weight excluding hydrogens is 536 g/mol. The molecule has 8 rings (SSSR count). The van der Waals surface area contributed by atoms with Crippen LogP contribution in [0.3, 0.4) is 0 Å². The zero-order valence-electron chi connectivity index (χ0n) is 29.3. The van der Waals surface area contributed by atoms with E-state index in [9.17, 15) is 5.26 Å². The van der Waals surface area contributed by atoms with Gasteiger partial charge in [0.15, 0.2) is 0 Å². The third-order valence-electron chi connectivity index (χ3n) is 8.37. The molecule has 6 aromatic carbocycles. The van der Waals surface area contributed by atoms with E-state index in [0.717, 1.165) is 32.6 Å². The van der Waals surface area contributed by atoms with Crippen LogP contribution in [-0.4, -0.2) is 9.13 Å². The number of para-hydroxylation sites is 2. The minimum atomic E-state index is -2.31. The maximum absolute atomic E-state index is 10.9. The average molecular weight is 569 g/mol. The van der Waals surface area contributed by atoms with Crippen molar-refractivity contribution in [3.63, 3.8) is 0 Å². The first-order valence-corrected chi connectivity index (χ1v) is 14.1. The first-order chi connectivity index (χ1) is 24.0. The van der Waals surface area contributed by atoms with Gasteiger partial charge in [0.1, 0.15) is 6.07 Å². The Bertz CT molecular complexity index is 2590. The lowest BCUT2D eigenvalue weighted by atomic mass is 9.95. The molecule has 0 radical (unpaired) electrons. The second-order valence-corrected chi connectivity index (χ2v) is 10.8. The van der Waals surface area contributed by atoms with Gasteiger partial charge in [-0.15, -0.1) is 0 Å². The second kappa shape index (κ2) is 9.73. The number of rotatable bonds is 3. The summed E-state index contributed by atoms with van der Waals surface area (Å²) in [4.78, 5) is 4.08. The van der Waals surface area contributed by atoms with E-state index in [1.54, 1.807) is 36.4 Å². The molecule has 4 heteroatoms. The number of hydrogen-bond acceptors (Lipinski definition) is 1. The molecule has 0 aliphatic rings. The topological polar surface area (TPSA) is 38.0 Å². The molecule has 2 heterocycles. The highest BCUT2D eigenvalue weighted by Gasteiger charge is 2.26. The van der Waals surface area contributed by atoms with Crippen molar-refractivity contribution in [3.8, 4) is 28.6 Å². The predicted molar refractivity (Wildman–Crippen MR) is 181 cm³/mol. The van der Waals surface area contributed by atoms with Crippen LogP contribution in [0.15, 0.2) is 121 Å². The van der Waals surface area contributed by atoms with Crippen molar-refractivity contribution in [3.05, 3.63) is 149 Å². The van der Waals surface area contributed by atoms with Crippen LogP contribution in [-0.2, 0) is 0 Å². The summed E-state index contributed by atoms with van der Waals surface area (Å²) in [6.07, 6.45) is 0. The number of fused-ring (bicyclic) bond motifs is 6. The predicted octanol–water partition coefficient (Wildman–Crippen LogP) is 10.6. The van der Waals surface area contributed by atoms with Crippen molar-refractivity contribution in [2.45, 2.75) is 13.7 Å². The van der Waals surface area contributed by atoms with Gasteiger partial charge in [0.05, 0.1) is 45.6 Å². The number of hydrogen-bond donors (Lipinski definition) is 0. The lowest BCUT2D eigenvalue weighted by Gasteiger charge is -2.20. The van der Waals surface area contributed by atoms with Gasteiger partial charge in [0, 0.05) is 35.3 Å². The first-order valence-electron chi connectivity index (χ1n) is 17.1. The van der Waals surface area contributed by atoms with Gasteiger partial charge in [0.25, 0.3) is 0 Å². The lowest BCUT2D eigenvalue weighted by molar-refractivity contribution is 1.13. The van der Waals surface area contributed by atoms with E-state index in [1.807, 2.05) is 94.1 Å². The molecule has 4 nitrogen and oxygen atoms in total. The normalized spacial score (nSPS) is 14.0. The molecule has 0 unspecified atom stereocenters. The van der Waals surface area contributed by atoms with Crippen LogP contribution in [0.1, 0.15) is 24.9 Å². The van der Waals surface area contributed by atoms with E-state index in [-0.39, 0.29) is 16.8 Å². The van der Waals surface area contributed by atoms with E-state index in [1.165, 1.54) is 0 Å². The maximum Gasteiger partial charge on any atom is 0.219 e. The fourth-order valence-corrected chi connectivity index (χ4v) is 6.57. The number of aryl methyl sites for hydroxylation is 2. The minimum Gasteiger partial charge on any atom is -0.319 e. The average Bonchev–Trinajstić information content (AvgIpc) is 3.62. The van der Waals surface area contributed by atoms with E-state index in [4.69, 9.17) is 14.8 Å². The molecule has 0 aliphatic carbocycles. The smallest absolute Gasteiger partial charge is 0.219 e. The summed E-state index contributed by atoms with van der Waals surface area (Å²) in [5.74, 6) is 0. The molecule has 2 aromatic heterocycles. The summed E-state index contributed by atoms with van der Waals surface area (Å²) in [5, 5.41) is 14.0. The Morgan fingerprint density at radius 1 is 0.614 bits per heavy atom. The summed E-state index contributed by atoms with van der Waals surface area (Å²) < 4.78 is 52.3. The molecule has 0 aliphatic heterocycles. The van der Waals surface area contributed by atoms with Gasteiger partial charge in [-0.3, -0.25) is 0 Å². The third-order valence-corrected chi connectivity index (χ3v) is 8.37. The third kappa shape index (κ3) is 3.62. The summed E-state index contributed by atoms with van der Waals surface area (Å²) in [7, 11) is 0. The minimum absolute atomic E-state index is 0.212. The van der Waals surface area contributed by atoms with Crippen LogP contribution in [0.25, 0.3) is 71.0 Å². The Morgan fingerprint density at radius 2 is 1.14 bits per heavy atom. The van der Waals surface area contributed by atoms with Gasteiger partial charge >= 0.3 is 0 Å². The summed E-state index contributed by atoms with van der Waals surface area (Å²) in [6.45, 7) is 3.92. The van der Waals surface area contributed by atoms with E-state index >= 15 is 0 Å². The Hall–Kier alpha value is -6.10. The monoisotopic (exact) mass is 568 g/mol. The van der Waals surface area contributed by atoms with Crippen molar-refractivity contribution in [2.24, 2.45) is 0 Å². The van der Waals surface area contributed by atoms with Crippen LogP contribution in [0, 0.1) is 31.6 Å². The Kier molecular flexibility index (Phi) is 4.41. The van der Waals surface area contributed by atoms with E-state index < -0.39 is 13.7 Å². The van der Waals surface area contributed by atoms with Crippen molar-refractivity contribution in [2.75, 3.05) is 0 Å². The largest absolute Gasteiger partial charge is 0.319 e. The number of aromatic nitrogens is 2. The van der Waals surface area contributed by atoms with Crippen molar-refractivity contribution >= 4 is 49.3 Å². The highest BCUT2D eigenvalue weighted by molar-refractivity contribution is 6.12. The summed E-state index contributed by atoms with van der Waals surface area (Å²) in [6, 6.07) is 39.1. The van der Waals surface area contributed by atoms with Crippen molar-refractivity contribution < 1.29 is 8.22 Å². The van der Waals surface area contributed by atoms with Crippen molar-refractivity contribution in [1.82, 2.24) is 9.13 Å². The molecular formula is C40H26N4. The molecule has 8 aromatic rings. The molecule has 0 fully saturated rings. The van der Waals surface area contributed by atoms with Crippen LogP contribution in [0.5, 0.6) is 0 Å². The molecule has 0 atom stereocenters. The molecule has 0 spiro atoms.